The first-order chi connectivity index (χ1) is 15.9. The van der Waals surface area contributed by atoms with E-state index in [1.165, 1.54) is 76.8 Å². The third-order valence-corrected chi connectivity index (χ3v) is 7.70. The molecule has 2 aliphatic carbocycles. The second-order valence-electron chi connectivity index (χ2n) is 9.28. The summed E-state index contributed by atoms with van der Waals surface area (Å²) in [4.78, 5) is 0. The molecule has 148 valence electrons. The van der Waals surface area contributed by atoms with Gasteiger partial charge in [0.15, 0.2) is 0 Å². The molecule has 32 heavy (non-hydrogen) atoms. The second-order valence-corrected chi connectivity index (χ2v) is 9.28. The van der Waals surface area contributed by atoms with Crippen molar-refractivity contribution < 1.29 is 0 Å². The lowest BCUT2D eigenvalue weighted by molar-refractivity contribution is 1.27. The maximum Gasteiger partial charge on any atom is -0.000706 e. The minimum atomic E-state index is 1.02. The fourth-order valence-corrected chi connectivity index (χ4v) is 6.31. The predicted octanol–water partition coefficient (Wildman–Crippen LogP) is 8.29. The highest BCUT2D eigenvalue weighted by Gasteiger charge is 2.24. The van der Waals surface area contributed by atoms with Gasteiger partial charge in [-0.15, -0.1) is 0 Å². The van der Waals surface area contributed by atoms with Crippen molar-refractivity contribution in [3.8, 4) is 22.3 Å². The molecular formula is C32H20. The van der Waals surface area contributed by atoms with E-state index in [0.29, 0.717) is 0 Å². The van der Waals surface area contributed by atoms with Gasteiger partial charge in [-0.25, -0.2) is 0 Å². The Morgan fingerprint density at radius 3 is 1.84 bits per heavy atom. The maximum absolute atomic E-state index is 2.49. The summed E-state index contributed by atoms with van der Waals surface area (Å²) in [6, 6.07) is 36.5. The van der Waals surface area contributed by atoms with Crippen LogP contribution in [0.1, 0.15) is 22.3 Å². The van der Waals surface area contributed by atoms with Gasteiger partial charge in [-0.05, 0) is 102 Å². The average Bonchev–Trinajstić information content (AvgIpc) is 3.40. The molecule has 0 radical (unpaired) electrons. The van der Waals surface area contributed by atoms with Gasteiger partial charge in [0.25, 0.3) is 0 Å². The van der Waals surface area contributed by atoms with Crippen LogP contribution in [-0.2, 0) is 12.8 Å². The average molecular weight is 405 g/mol. The minimum absolute atomic E-state index is 1.02. The van der Waals surface area contributed by atoms with Crippen LogP contribution < -0.4 is 0 Å². The van der Waals surface area contributed by atoms with E-state index in [4.69, 9.17) is 0 Å². The Balaban J connectivity index is 1.58. The van der Waals surface area contributed by atoms with Crippen molar-refractivity contribution in [2.45, 2.75) is 12.8 Å². The molecule has 0 nitrogen and oxygen atoms in total. The summed E-state index contributed by atoms with van der Waals surface area (Å²) in [5.74, 6) is 0. The Labute approximate surface area is 186 Å². The first-order valence-corrected chi connectivity index (χ1v) is 11.5. The topological polar surface area (TPSA) is 0 Å². The van der Waals surface area contributed by atoms with Crippen LogP contribution in [-0.4, -0.2) is 0 Å². The Kier molecular flexibility index (Phi) is 3.07. The summed E-state index contributed by atoms with van der Waals surface area (Å²) < 4.78 is 0. The predicted molar refractivity (Wildman–Crippen MR) is 135 cm³/mol. The summed E-state index contributed by atoms with van der Waals surface area (Å²) >= 11 is 0. The Morgan fingerprint density at radius 2 is 1.03 bits per heavy atom. The van der Waals surface area contributed by atoms with Gasteiger partial charge in [-0.3, -0.25) is 0 Å². The molecule has 0 saturated carbocycles. The lowest BCUT2D eigenvalue weighted by Gasteiger charge is -2.15. The lowest BCUT2D eigenvalue weighted by atomic mass is 9.88. The molecule has 0 aromatic heterocycles. The van der Waals surface area contributed by atoms with Crippen LogP contribution >= 0.6 is 0 Å². The van der Waals surface area contributed by atoms with Gasteiger partial charge in [0, 0.05) is 0 Å². The van der Waals surface area contributed by atoms with Gasteiger partial charge in [0.05, 0.1) is 0 Å². The summed E-state index contributed by atoms with van der Waals surface area (Å²) in [5.41, 5.74) is 11.5. The molecule has 0 saturated heterocycles. The molecule has 8 rings (SSSR count). The van der Waals surface area contributed by atoms with E-state index in [9.17, 15) is 0 Å². The largest absolute Gasteiger partial charge is 0.0619 e. The van der Waals surface area contributed by atoms with Crippen molar-refractivity contribution in [1.82, 2.24) is 0 Å². The molecule has 0 amide bonds. The van der Waals surface area contributed by atoms with Gasteiger partial charge >= 0.3 is 0 Å². The van der Waals surface area contributed by atoms with Crippen LogP contribution in [0.15, 0.2) is 97.1 Å². The Hall–Kier alpha value is -3.90. The molecule has 0 spiro atoms. The summed E-state index contributed by atoms with van der Waals surface area (Å²) in [6.07, 6.45) is 2.05. The van der Waals surface area contributed by atoms with E-state index in [2.05, 4.69) is 97.1 Å². The first kappa shape index (κ1) is 16.8. The van der Waals surface area contributed by atoms with Gasteiger partial charge in [0.2, 0.25) is 0 Å². The number of hydrogen-bond donors (Lipinski definition) is 0. The minimum Gasteiger partial charge on any atom is -0.0619 e. The molecule has 6 aromatic carbocycles. The SMILES string of the molecule is c1ccc2c(c1)Cc1cc3c4ccccc4c4ccc5c(c4c3cc1-2)Cc1ccccc1-5. The van der Waals surface area contributed by atoms with Gasteiger partial charge < -0.3 is 0 Å². The van der Waals surface area contributed by atoms with Crippen molar-refractivity contribution in [2.24, 2.45) is 0 Å². The first-order valence-electron chi connectivity index (χ1n) is 11.5. The van der Waals surface area contributed by atoms with Gasteiger partial charge in [0.1, 0.15) is 0 Å². The van der Waals surface area contributed by atoms with Crippen LogP contribution in [0.25, 0.3) is 54.6 Å². The molecule has 0 aliphatic heterocycles. The van der Waals surface area contributed by atoms with Gasteiger partial charge in [-0.2, -0.15) is 0 Å². The fraction of sp³-hybridized carbons (Fsp3) is 0.0625. The summed E-state index contributed by atoms with van der Waals surface area (Å²) in [6.45, 7) is 0. The van der Waals surface area contributed by atoms with Crippen molar-refractivity contribution in [2.75, 3.05) is 0 Å². The molecule has 0 N–H and O–H groups in total. The van der Waals surface area contributed by atoms with Gasteiger partial charge in [-0.1, -0.05) is 84.9 Å². The lowest BCUT2D eigenvalue weighted by Crippen LogP contribution is -1.91. The number of benzene rings is 6. The van der Waals surface area contributed by atoms with Crippen molar-refractivity contribution >= 4 is 32.3 Å². The second kappa shape index (κ2) is 5.87. The summed E-state index contributed by atoms with van der Waals surface area (Å²) in [5, 5.41) is 8.35. The van der Waals surface area contributed by atoms with Crippen molar-refractivity contribution in [1.29, 1.82) is 0 Å². The van der Waals surface area contributed by atoms with Crippen LogP contribution in [0.3, 0.4) is 0 Å². The maximum atomic E-state index is 2.49. The zero-order valence-electron chi connectivity index (χ0n) is 17.7. The highest BCUT2D eigenvalue weighted by Crippen LogP contribution is 2.47. The van der Waals surface area contributed by atoms with E-state index in [1.54, 1.807) is 0 Å². The molecule has 0 heterocycles. The Bertz CT molecular complexity index is 1750. The summed E-state index contributed by atoms with van der Waals surface area (Å²) in [7, 11) is 0. The molecule has 0 unspecified atom stereocenters. The Morgan fingerprint density at radius 1 is 0.375 bits per heavy atom. The van der Waals surface area contributed by atoms with Crippen molar-refractivity contribution in [3.05, 3.63) is 119 Å². The van der Waals surface area contributed by atoms with Crippen LogP contribution in [0.4, 0.5) is 0 Å². The van der Waals surface area contributed by atoms with E-state index in [1.807, 2.05) is 0 Å². The molecular weight excluding hydrogens is 384 g/mol. The molecule has 2 aliphatic rings. The zero-order valence-corrected chi connectivity index (χ0v) is 17.7. The third kappa shape index (κ3) is 2.03. The molecule has 0 heteroatoms. The van der Waals surface area contributed by atoms with Crippen LogP contribution in [0, 0.1) is 0 Å². The van der Waals surface area contributed by atoms with Crippen molar-refractivity contribution in [3.63, 3.8) is 0 Å². The number of fused-ring (bicyclic) bond motifs is 13. The third-order valence-electron chi connectivity index (χ3n) is 7.70. The molecule has 6 aromatic rings. The van der Waals surface area contributed by atoms with E-state index in [0.717, 1.165) is 12.8 Å². The standard InChI is InChI=1S/C32H20/c1-4-10-23-19(7-1)15-21-17-29-25-12-6-5-11-24(25)27-14-13-26-22-9-3-2-8-20(22)16-30(26)32(27)31(29)18-28(21)23/h1-14,17-18H,15-16H2. The van der Waals surface area contributed by atoms with E-state index >= 15 is 0 Å². The quantitative estimate of drug-likeness (QED) is 0.223. The smallest absolute Gasteiger partial charge is 0.000706 e. The zero-order chi connectivity index (χ0) is 20.8. The van der Waals surface area contributed by atoms with Crippen LogP contribution in [0.2, 0.25) is 0 Å². The molecule has 0 bridgehead atoms. The van der Waals surface area contributed by atoms with E-state index in [-0.39, 0.29) is 0 Å². The monoisotopic (exact) mass is 404 g/mol. The number of hydrogen-bond acceptors (Lipinski definition) is 0. The normalized spacial score (nSPS) is 13.4. The highest BCUT2D eigenvalue weighted by atomic mass is 14.3. The fourth-order valence-electron chi connectivity index (χ4n) is 6.31. The number of rotatable bonds is 0. The molecule has 0 fully saturated rings. The van der Waals surface area contributed by atoms with Crippen LogP contribution in [0.5, 0.6) is 0 Å². The van der Waals surface area contributed by atoms with E-state index < -0.39 is 0 Å². The molecule has 0 atom stereocenters. The highest BCUT2D eigenvalue weighted by molar-refractivity contribution is 6.28.